The van der Waals surface area contributed by atoms with E-state index in [4.69, 9.17) is 9.47 Å². The normalized spacial score (nSPS) is 12.9. The maximum Gasteiger partial charge on any atom is 0.314 e. The lowest BCUT2D eigenvalue weighted by atomic mass is 9.84. The Morgan fingerprint density at radius 3 is 2.21 bits per heavy atom. The van der Waals surface area contributed by atoms with Gasteiger partial charge in [-0.1, -0.05) is 24.3 Å². The molecule has 1 atom stereocenters. The summed E-state index contributed by atoms with van der Waals surface area (Å²) < 4.78 is 10.5. The minimum atomic E-state index is -1.09. The molecule has 0 saturated carbocycles. The third-order valence-corrected chi connectivity index (χ3v) is 5.23. The molecule has 9 heteroatoms. The molecule has 33 heavy (non-hydrogen) atoms. The average Bonchev–Trinajstić information content (AvgIpc) is 2.82. The number of hydrogen-bond acceptors (Lipinski definition) is 7. The Bertz CT molecular complexity index is 1320. The molecule has 0 fully saturated rings. The fourth-order valence-electron chi connectivity index (χ4n) is 3.53. The summed E-state index contributed by atoms with van der Waals surface area (Å²) in [5.74, 6) is -0.974. The summed E-state index contributed by atoms with van der Waals surface area (Å²) in [5, 5.41) is 13.9. The summed E-state index contributed by atoms with van der Waals surface area (Å²) in [5.41, 5.74) is 1.05. The predicted octanol–water partition coefficient (Wildman–Crippen LogP) is 3.78. The van der Waals surface area contributed by atoms with Crippen molar-refractivity contribution in [3.05, 3.63) is 93.0 Å². The van der Waals surface area contributed by atoms with Crippen LogP contribution in [0.3, 0.4) is 0 Å². The Morgan fingerprint density at radius 1 is 0.939 bits per heavy atom. The molecular formula is C24H18N2O7. The average molecular weight is 446 g/mol. The van der Waals surface area contributed by atoms with E-state index >= 15 is 0 Å². The first-order chi connectivity index (χ1) is 15.8. The number of ketones is 2. The zero-order valence-electron chi connectivity index (χ0n) is 17.7. The molecule has 9 nitrogen and oxygen atoms in total. The smallest absolute Gasteiger partial charge is 0.314 e. The second kappa shape index (κ2) is 8.54. The number of ether oxygens (including phenoxy) is 2. The Morgan fingerprint density at radius 2 is 1.58 bits per heavy atom. The first-order valence-corrected chi connectivity index (χ1v) is 9.92. The van der Waals surface area contributed by atoms with E-state index < -0.39 is 16.9 Å². The van der Waals surface area contributed by atoms with Gasteiger partial charge < -0.3 is 14.8 Å². The van der Waals surface area contributed by atoms with E-state index in [0.29, 0.717) is 16.8 Å². The zero-order chi connectivity index (χ0) is 23.7. The molecule has 1 amide bonds. The SMILES string of the molecule is COc1ccc(OC(C)C(=O)Nc2ccc3c(c2)C(=O)c2ccccc2C3=O)c([N+](=O)[O-])c1. The van der Waals surface area contributed by atoms with Gasteiger partial charge in [0.15, 0.2) is 23.4 Å². The molecule has 166 valence electrons. The summed E-state index contributed by atoms with van der Waals surface area (Å²) in [4.78, 5) is 48.9. The third-order valence-electron chi connectivity index (χ3n) is 5.23. The highest BCUT2D eigenvalue weighted by molar-refractivity contribution is 6.28. The molecule has 4 rings (SSSR count). The van der Waals surface area contributed by atoms with Gasteiger partial charge in [0.05, 0.1) is 18.1 Å². The summed E-state index contributed by atoms with van der Waals surface area (Å²) >= 11 is 0. The molecule has 3 aromatic carbocycles. The van der Waals surface area contributed by atoms with E-state index in [9.17, 15) is 24.5 Å². The van der Waals surface area contributed by atoms with Crippen LogP contribution in [0.25, 0.3) is 0 Å². The fourth-order valence-corrected chi connectivity index (χ4v) is 3.53. The Balaban J connectivity index is 1.54. The van der Waals surface area contributed by atoms with Gasteiger partial charge in [-0.2, -0.15) is 0 Å². The van der Waals surface area contributed by atoms with Crippen LogP contribution in [0.1, 0.15) is 38.8 Å². The van der Waals surface area contributed by atoms with Gasteiger partial charge in [0.1, 0.15) is 5.75 Å². The maximum atomic E-state index is 12.9. The lowest BCUT2D eigenvalue weighted by molar-refractivity contribution is -0.386. The molecule has 0 radical (unpaired) electrons. The molecule has 1 aliphatic rings. The van der Waals surface area contributed by atoms with Crippen molar-refractivity contribution in [2.24, 2.45) is 0 Å². The molecule has 0 bridgehead atoms. The standard InChI is InChI=1S/C24H18N2O7/c1-13(33-21-10-8-15(32-2)12-20(21)26(30)31)24(29)25-14-7-9-18-19(11-14)23(28)17-6-4-3-5-16(17)22(18)27/h3-13H,1-2H3,(H,25,29). The van der Waals surface area contributed by atoms with E-state index in [1.165, 1.54) is 50.4 Å². The van der Waals surface area contributed by atoms with Crippen molar-refractivity contribution < 1.29 is 28.8 Å². The Labute approximate surface area is 188 Å². The van der Waals surface area contributed by atoms with Crippen molar-refractivity contribution >= 4 is 28.8 Å². The predicted molar refractivity (Wildman–Crippen MR) is 118 cm³/mol. The number of nitrogens with one attached hydrogen (secondary N) is 1. The summed E-state index contributed by atoms with van der Waals surface area (Å²) in [6.45, 7) is 1.44. The van der Waals surface area contributed by atoms with Gasteiger partial charge in [-0.3, -0.25) is 24.5 Å². The zero-order valence-corrected chi connectivity index (χ0v) is 17.7. The van der Waals surface area contributed by atoms with Crippen molar-refractivity contribution in [3.8, 4) is 11.5 Å². The van der Waals surface area contributed by atoms with Gasteiger partial charge in [0.2, 0.25) is 0 Å². The minimum absolute atomic E-state index is 0.0914. The molecule has 0 heterocycles. The summed E-state index contributed by atoms with van der Waals surface area (Å²) in [6.07, 6.45) is -1.09. The molecule has 1 unspecified atom stereocenters. The second-order valence-electron chi connectivity index (χ2n) is 7.30. The van der Waals surface area contributed by atoms with Crippen molar-refractivity contribution in [3.63, 3.8) is 0 Å². The molecule has 0 saturated heterocycles. The van der Waals surface area contributed by atoms with Gasteiger partial charge in [0, 0.05) is 27.9 Å². The molecule has 0 spiro atoms. The Kier molecular flexibility index (Phi) is 5.61. The number of anilines is 1. The van der Waals surface area contributed by atoms with Crippen LogP contribution in [-0.4, -0.2) is 35.6 Å². The molecule has 1 aliphatic carbocycles. The highest BCUT2D eigenvalue weighted by Gasteiger charge is 2.30. The van der Waals surface area contributed by atoms with Crippen LogP contribution in [0.4, 0.5) is 11.4 Å². The highest BCUT2D eigenvalue weighted by Crippen LogP contribution is 2.32. The number of benzene rings is 3. The van der Waals surface area contributed by atoms with E-state index in [-0.39, 0.29) is 39.9 Å². The van der Waals surface area contributed by atoms with Crippen molar-refractivity contribution in [2.45, 2.75) is 13.0 Å². The van der Waals surface area contributed by atoms with E-state index in [0.717, 1.165) is 0 Å². The lowest BCUT2D eigenvalue weighted by Crippen LogP contribution is -2.30. The van der Waals surface area contributed by atoms with Crippen molar-refractivity contribution in [1.82, 2.24) is 0 Å². The van der Waals surface area contributed by atoms with Crippen LogP contribution < -0.4 is 14.8 Å². The van der Waals surface area contributed by atoms with E-state index in [1.807, 2.05) is 0 Å². The quantitative estimate of drug-likeness (QED) is 0.353. The molecule has 3 aromatic rings. The Hall–Kier alpha value is -4.53. The minimum Gasteiger partial charge on any atom is -0.496 e. The third kappa shape index (κ3) is 4.03. The number of hydrogen-bond donors (Lipinski definition) is 1. The van der Waals surface area contributed by atoms with E-state index in [2.05, 4.69) is 5.32 Å². The van der Waals surface area contributed by atoms with Crippen LogP contribution in [0.5, 0.6) is 11.5 Å². The van der Waals surface area contributed by atoms with Gasteiger partial charge in [0.25, 0.3) is 5.91 Å². The van der Waals surface area contributed by atoms with Crippen LogP contribution in [-0.2, 0) is 4.79 Å². The first kappa shape index (κ1) is 21.7. The number of carbonyl (C=O) groups is 3. The van der Waals surface area contributed by atoms with Crippen molar-refractivity contribution in [2.75, 3.05) is 12.4 Å². The van der Waals surface area contributed by atoms with Crippen LogP contribution >= 0.6 is 0 Å². The van der Waals surface area contributed by atoms with Crippen molar-refractivity contribution in [1.29, 1.82) is 0 Å². The summed E-state index contributed by atoms with van der Waals surface area (Å²) in [7, 11) is 1.38. The number of methoxy groups -OCH3 is 1. The highest BCUT2D eigenvalue weighted by atomic mass is 16.6. The molecular weight excluding hydrogens is 428 g/mol. The molecule has 0 aliphatic heterocycles. The number of nitro benzene ring substituents is 1. The van der Waals surface area contributed by atoms with Gasteiger partial charge in [-0.15, -0.1) is 0 Å². The number of carbonyl (C=O) groups excluding carboxylic acids is 3. The van der Waals surface area contributed by atoms with Crippen LogP contribution in [0, 0.1) is 10.1 Å². The fraction of sp³-hybridized carbons (Fsp3) is 0.125. The number of rotatable bonds is 6. The maximum absolute atomic E-state index is 12.9. The first-order valence-electron chi connectivity index (χ1n) is 9.92. The monoisotopic (exact) mass is 446 g/mol. The van der Waals surface area contributed by atoms with Gasteiger partial charge >= 0.3 is 5.69 Å². The van der Waals surface area contributed by atoms with Gasteiger partial charge in [-0.05, 0) is 37.3 Å². The number of nitro groups is 1. The topological polar surface area (TPSA) is 125 Å². The second-order valence-corrected chi connectivity index (χ2v) is 7.30. The van der Waals surface area contributed by atoms with E-state index in [1.54, 1.807) is 24.3 Å². The number of nitrogens with zero attached hydrogens (tertiary/aromatic N) is 1. The lowest BCUT2D eigenvalue weighted by Gasteiger charge is -2.19. The van der Waals surface area contributed by atoms with Crippen LogP contribution in [0.2, 0.25) is 0 Å². The molecule has 1 N–H and O–H groups in total. The summed E-state index contributed by atoms with van der Waals surface area (Å²) in [6, 6.07) is 15.0. The largest absolute Gasteiger partial charge is 0.496 e. The van der Waals surface area contributed by atoms with Crippen LogP contribution in [0.15, 0.2) is 60.7 Å². The molecule has 0 aromatic heterocycles. The number of fused-ring (bicyclic) bond motifs is 2. The van der Waals surface area contributed by atoms with Gasteiger partial charge in [-0.25, -0.2) is 0 Å². The number of amides is 1.